The smallest absolute Gasteiger partial charge is 1.00 e. The molecule has 0 bridgehead atoms. The van der Waals surface area contributed by atoms with Crippen LogP contribution in [0.3, 0.4) is 0 Å². The first-order valence-electron chi connectivity index (χ1n) is 9.77. The number of allylic oxidation sites excluding steroid dienone is 4. The number of hydrogen-bond donors (Lipinski definition) is 0. The van der Waals surface area contributed by atoms with Gasteiger partial charge in [0, 0.05) is 0 Å². The van der Waals surface area contributed by atoms with E-state index in [1.165, 1.54) is 44.1 Å². The van der Waals surface area contributed by atoms with Gasteiger partial charge in [-0.2, -0.15) is 0 Å². The average molecular weight is 475 g/mol. The van der Waals surface area contributed by atoms with E-state index in [2.05, 4.69) is 60.7 Å². The van der Waals surface area contributed by atoms with Gasteiger partial charge in [0.05, 0.1) is 0 Å². The third kappa shape index (κ3) is 3.94. The topological polar surface area (TPSA) is 0 Å². The van der Waals surface area contributed by atoms with Gasteiger partial charge < -0.3 is 24.8 Å². The van der Waals surface area contributed by atoms with Crippen LogP contribution < -0.4 is 28.1 Å². The zero-order valence-corrected chi connectivity index (χ0v) is 19.4. The summed E-state index contributed by atoms with van der Waals surface area (Å²) in [5, 5.41) is 0. The van der Waals surface area contributed by atoms with Crippen molar-refractivity contribution in [1.29, 1.82) is 0 Å². The van der Waals surface area contributed by atoms with Gasteiger partial charge in [-0.25, -0.2) is 0 Å². The zero-order valence-electron chi connectivity index (χ0n) is 15.4. The fraction of sp³-hybridized carbons (Fsp3) is 0.333. The molecular formula is C24H24Cl2Zr. The third-order valence-corrected chi connectivity index (χ3v) is 9.63. The molecular weight excluding hydrogens is 450 g/mol. The van der Waals surface area contributed by atoms with Gasteiger partial charge in [0.2, 0.25) is 0 Å². The summed E-state index contributed by atoms with van der Waals surface area (Å²) in [6.07, 6.45) is 15.3. The molecule has 0 nitrogen and oxygen atoms in total. The van der Waals surface area contributed by atoms with E-state index < -0.39 is 23.2 Å². The quantitative estimate of drug-likeness (QED) is 0.585. The molecule has 3 aliphatic rings. The SMILES string of the molecule is C1=CC[C]([Zr+2][c]2cccc3c2C(C2CCCCC2)c2ccccc2-3)=C1.[Cl-].[Cl-]. The van der Waals surface area contributed by atoms with Gasteiger partial charge in [-0.05, 0) is 0 Å². The van der Waals surface area contributed by atoms with Gasteiger partial charge in [-0.3, -0.25) is 0 Å². The molecule has 1 saturated carbocycles. The van der Waals surface area contributed by atoms with Crippen LogP contribution in [0, 0.1) is 5.92 Å². The summed E-state index contributed by atoms with van der Waals surface area (Å²) in [5.74, 6) is 1.52. The molecule has 3 heteroatoms. The van der Waals surface area contributed by atoms with E-state index in [0.717, 1.165) is 5.92 Å². The molecule has 2 aromatic rings. The van der Waals surface area contributed by atoms with Crippen LogP contribution in [0.15, 0.2) is 64.0 Å². The van der Waals surface area contributed by atoms with E-state index >= 15 is 0 Å². The predicted octanol–water partition coefficient (Wildman–Crippen LogP) is -0.0612. The zero-order chi connectivity index (χ0) is 16.6. The van der Waals surface area contributed by atoms with Gasteiger partial charge >= 0.3 is 163 Å². The van der Waals surface area contributed by atoms with E-state index in [4.69, 9.17) is 0 Å². The monoisotopic (exact) mass is 472 g/mol. The van der Waals surface area contributed by atoms with Crippen molar-refractivity contribution in [3.8, 4) is 11.1 Å². The summed E-state index contributed by atoms with van der Waals surface area (Å²) in [5.41, 5.74) is 6.42. The second-order valence-corrected chi connectivity index (χ2v) is 11.2. The van der Waals surface area contributed by atoms with Crippen molar-refractivity contribution in [2.45, 2.75) is 44.4 Å². The first-order chi connectivity index (χ1) is 12.4. The first-order valence-corrected chi connectivity index (χ1v) is 12.2. The van der Waals surface area contributed by atoms with Gasteiger partial charge in [-0.1, -0.05) is 0 Å². The maximum atomic E-state index is 2.46. The minimum Gasteiger partial charge on any atom is -1.00 e. The van der Waals surface area contributed by atoms with Crippen molar-refractivity contribution < 1.29 is 48.0 Å². The Labute approximate surface area is 186 Å². The third-order valence-electron chi connectivity index (χ3n) is 6.19. The fourth-order valence-electron chi connectivity index (χ4n) is 5.08. The molecule has 138 valence electrons. The van der Waals surface area contributed by atoms with Gasteiger partial charge in [0.15, 0.2) is 0 Å². The molecule has 0 aliphatic heterocycles. The normalized spacial score (nSPS) is 20.0. The molecule has 2 aromatic carbocycles. The Bertz CT molecular complexity index is 862. The van der Waals surface area contributed by atoms with Crippen LogP contribution in [-0.4, -0.2) is 0 Å². The Balaban J connectivity index is 0.00000105. The molecule has 0 saturated heterocycles. The summed E-state index contributed by atoms with van der Waals surface area (Å²) >= 11 is -0.667. The fourth-order valence-corrected chi connectivity index (χ4v) is 8.40. The number of hydrogen-bond acceptors (Lipinski definition) is 0. The van der Waals surface area contributed by atoms with Crippen molar-refractivity contribution in [2.24, 2.45) is 5.92 Å². The van der Waals surface area contributed by atoms with E-state index in [0.29, 0.717) is 5.92 Å². The summed E-state index contributed by atoms with van der Waals surface area (Å²) in [7, 11) is 0. The summed E-state index contributed by atoms with van der Waals surface area (Å²) < 4.78 is 3.47. The molecule has 5 rings (SSSR count). The van der Waals surface area contributed by atoms with Crippen molar-refractivity contribution in [1.82, 2.24) is 0 Å². The standard InChI is InChI=1S/C19H19.C5H5.2ClH.Zr/c1-2-8-14(9-3-1)19-17-12-6-4-10-15(17)16-11-5-7-13-18(16)19;1-2-4-5-3-1;;;/h4-7,10-12,14,19H,1-3,8-9H2;1-3H,4H2;2*1H;/q;;;;+2/p-2. The largest absolute Gasteiger partial charge is 1.00 e. The predicted molar refractivity (Wildman–Crippen MR) is 102 cm³/mol. The molecule has 0 radical (unpaired) electrons. The Morgan fingerprint density at radius 2 is 1.59 bits per heavy atom. The number of rotatable bonds is 3. The molecule has 27 heavy (non-hydrogen) atoms. The van der Waals surface area contributed by atoms with Crippen molar-refractivity contribution in [2.75, 3.05) is 0 Å². The van der Waals surface area contributed by atoms with Crippen LogP contribution in [0.1, 0.15) is 55.6 Å². The summed E-state index contributed by atoms with van der Waals surface area (Å²) in [6.45, 7) is 0. The summed E-state index contributed by atoms with van der Waals surface area (Å²) in [6, 6.07) is 16.4. The van der Waals surface area contributed by atoms with E-state index in [9.17, 15) is 0 Å². The molecule has 0 aromatic heterocycles. The Kier molecular flexibility index (Phi) is 7.23. The van der Waals surface area contributed by atoms with Gasteiger partial charge in [0.25, 0.3) is 0 Å². The summed E-state index contributed by atoms with van der Waals surface area (Å²) in [4.78, 5) is 0. The van der Waals surface area contributed by atoms with Crippen molar-refractivity contribution >= 4 is 3.27 Å². The average Bonchev–Trinajstić information content (AvgIpc) is 3.29. The molecule has 3 aliphatic carbocycles. The van der Waals surface area contributed by atoms with Gasteiger partial charge in [-0.15, -0.1) is 0 Å². The van der Waals surface area contributed by atoms with Gasteiger partial charge in [0.1, 0.15) is 0 Å². The van der Waals surface area contributed by atoms with E-state index in [1.807, 2.05) is 0 Å². The molecule has 0 N–H and O–H groups in total. The molecule has 0 heterocycles. The second-order valence-electron chi connectivity index (χ2n) is 7.68. The Morgan fingerprint density at radius 3 is 2.37 bits per heavy atom. The van der Waals surface area contributed by atoms with Crippen molar-refractivity contribution in [3.63, 3.8) is 0 Å². The minimum absolute atomic E-state index is 0. The van der Waals surface area contributed by atoms with Crippen LogP contribution in [-0.2, 0) is 23.2 Å². The molecule has 1 unspecified atom stereocenters. The molecule has 1 fully saturated rings. The van der Waals surface area contributed by atoms with E-state index in [1.54, 1.807) is 23.2 Å². The van der Waals surface area contributed by atoms with Crippen LogP contribution in [0.25, 0.3) is 11.1 Å². The van der Waals surface area contributed by atoms with Crippen molar-refractivity contribution in [3.05, 3.63) is 75.1 Å². The number of benzene rings is 2. The maximum Gasteiger partial charge on any atom is -1.00 e. The van der Waals surface area contributed by atoms with E-state index in [-0.39, 0.29) is 24.8 Å². The van der Waals surface area contributed by atoms with Crippen LogP contribution in [0.2, 0.25) is 0 Å². The molecule has 0 amide bonds. The number of fused-ring (bicyclic) bond motifs is 3. The van der Waals surface area contributed by atoms with Crippen LogP contribution in [0.4, 0.5) is 0 Å². The Morgan fingerprint density at radius 1 is 0.815 bits per heavy atom. The molecule has 1 atom stereocenters. The van der Waals surface area contributed by atoms with Crippen LogP contribution >= 0.6 is 0 Å². The second kappa shape index (κ2) is 9.25. The molecule has 0 spiro atoms. The first kappa shape index (κ1) is 21.1. The minimum atomic E-state index is -0.667. The number of halogens is 2. The maximum absolute atomic E-state index is 2.46. The van der Waals surface area contributed by atoms with Crippen LogP contribution in [0.5, 0.6) is 0 Å². The Hall–Kier alpha value is -0.617.